The molecular weight excluding hydrogens is 316 g/mol. The van der Waals surface area contributed by atoms with Gasteiger partial charge in [-0.1, -0.05) is 18.2 Å². The molecule has 1 aromatic carbocycles. The van der Waals surface area contributed by atoms with Crippen molar-refractivity contribution in [2.24, 2.45) is 10.9 Å². The van der Waals surface area contributed by atoms with Gasteiger partial charge in [-0.15, -0.1) is 11.3 Å². The Morgan fingerprint density at radius 1 is 1.30 bits per heavy atom. The Labute approximate surface area is 135 Å². The first-order chi connectivity index (χ1) is 11.1. The van der Waals surface area contributed by atoms with Gasteiger partial charge in [0.2, 0.25) is 11.0 Å². The van der Waals surface area contributed by atoms with Crippen molar-refractivity contribution in [1.82, 2.24) is 10.3 Å². The number of hydrogen-bond acceptors (Lipinski definition) is 6. The van der Waals surface area contributed by atoms with Gasteiger partial charge in [0.25, 0.3) is 5.91 Å². The third-order valence-corrected chi connectivity index (χ3v) is 3.99. The molecule has 0 spiro atoms. The van der Waals surface area contributed by atoms with E-state index >= 15 is 0 Å². The Kier molecular flexibility index (Phi) is 3.98. The quantitative estimate of drug-likeness (QED) is 0.689. The highest BCUT2D eigenvalue weighted by Gasteiger charge is 2.40. The summed E-state index contributed by atoms with van der Waals surface area (Å²) in [4.78, 5) is 45.6. The lowest BCUT2D eigenvalue weighted by Crippen LogP contribution is -2.58. The maximum atomic E-state index is 12.6. The van der Waals surface area contributed by atoms with Gasteiger partial charge in [-0.3, -0.25) is 14.9 Å². The third-order valence-electron chi connectivity index (χ3n) is 3.31. The molecule has 1 aliphatic heterocycles. The lowest BCUT2D eigenvalue weighted by molar-refractivity contribution is -0.131. The smallest absolute Gasteiger partial charge is 0.276 e. The topological polar surface area (TPSA) is 91.7 Å². The standard InChI is InChI=1S/C15H12N4O3S/c1-9-4-2-3-5-11(9)19-13(21)10(12(20)18-15(19)22)8-17-14-16-6-7-23-14/h2-8,10H,1H3,(H,18,20,22). The van der Waals surface area contributed by atoms with E-state index in [0.717, 1.165) is 10.5 Å². The van der Waals surface area contributed by atoms with E-state index in [9.17, 15) is 14.4 Å². The normalized spacial score (nSPS) is 18.6. The maximum Gasteiger partial charge on any atom is 0.335 e. The van der Waals surface area contributed by atoms with Crippen LogP contribution in [0.5, 0.6) is 0 Å². The van der Waals surface area contributed by atoms with Gasteiger partial charge in [0.15, 0.2) is 5.92 Å². The monoisotopic (exact) mass is 328 g/mol. The summed E-state index contributed by atoms with van der Waals surface area (Å²) in [6.07, 6.45) is 2.79. The summed E-state index contributed by atoms with van der Waals surface area (Å²) in [5.41, 5.74) is 1.19. The summed E-state index contributed by atoms with van der Waals surface area (Å²) in [6, 6.07) is 6.20. The Morgan fingerprint density at radius 2 is 2.09 bits per heavy atom. The van der Waals surface area contributed by atoms with Crippen LogP contribution in [-0.2, 0) is 9.59 Å². The fourth-order valence-electron chi connectivity index (χ4n) is 2.18. The second-order valence-electron chi connectivity index (χ2n) is 4.83. The van der Waals surface area contributed by atoms with Crippen molar-refractivity contribution in [1.29, 1.82) is 0 Å². The number of urea groups is 1. The average Bonchev–Trinajstić information content (AvgIpc) is 3.02. The van der Waals surface area contributed by atoms with Gasteiger partial charge in [-0.25, -0.2) is 19.7 Å². The first-order valence-electron chi connectivity index (χ1n) is 6.76. The minimum atomic E-state index is -1.17. The van der Waals surface area contributed by atoms with Crippen molar-refractivity contribution >= 4 is 46.2 Å². The second-order valence-corrected chi connectivity index (χ2v) is 5.70. The van der Waals surface area contributed by atoms with Crippen LogP contribution in [0.1, 0.15) is 5.56 Å². The van der Waals surface area contributed by atoms with Crippen LogP contribution in [-0.4, -0.2) is 29.0 Å². The number of aryl methyl sites for hydroxylation is 1. The van der Waals surface area contributed by atoms with Crippen molar-refractivity contribution < 1.29 is 14.4 Å². The molecule has 4 amide bonds. The molecule has 116 valence electrons. The van der Waals surface area contributed by atoms with E-state index in [4.69, 9.17) is 0 Å². The number of nitrogens with one attached hydrogen (secondary N) is 1. The summed E-state index contributed by atoms with van der Waals surface area (Å²) in [5.74, 6) is -2.49. The molecular formula is C15H12N4O3S. The van der Waals surface area contributed by atoms with Gasteiger partial charge in [-0.2, -0.15) is 0 Å². The zero-order valence-corrected chi connectivity index (χ0v) is 12.9. The minimum Gasteiger partial charge on any atom is -0.276 e. The Morgan fingerprint density at radius 3 is 2.78 bits per heavy atom. The maximum absolute atomic E-state index is 12.6. The van der Waals surface area contributed by atoms with Crippen LogP contribution in [0.3, 0.4) is 0 Å². The molecule has 2 aromatic rings. The molecule has 7 nitrogen and oxygen atoms in total. The van der Waals surface area contributed by atoms with Gasteiger partial charge >= 0.3 is 6.03 Å². The zero-order valence-electron chi connectivity index (χ0n) is 12.1. The van der Waals surface area contributed by atoms with Crippen LogP contribution in [0.25, 0.3) is 0 Å². The molecule has 1 fully saturated rings. The predicted molar refractivity (Wildman–Crippen MR) is 86.0 cm³/mol. The number of aliphatic imine (C=N–C) groups is 1. The SMILES string of the molecule is Cc1ccccc1N1C(=O)NC(=O)C(C=Nc2nccs2)C1=O. The molecule has 1 saturated heterocycles. The Balaban J connectivity index is 1.93. The summed E-state index contributed by atoms with van der Waals surface area (Å²) < 4.78 is 0. The number of rotatable bonds is 3. The Hall–Kier alpha value is -2.87. The highest BCUT2D eigenvalue weighted by atomic mass is 32.1. The number of para-hydroxylation sites is 1. The number of imide groups is 2. The van der Waals surface area contributed by atoms with Crippen LogP contribution in [0.4, 0.5) is 15.6 Å². The minimum absolute atomic E-state index is 0.435. The molecule has 0 radical (unpaired) electrons. The number of aromatic nitrogens is 1. The number of nitrogens with zero attached hydrogens (tertiary/aromatic N) is 3. The molecule has 0 saturated carbocycles. The first-order valence-corrected chi connectivity index (χ1v) is 7.64. The van der Waals surface area contributed by atoms with Crippen LogP contribution >= 0.6 is 11.3 Å². The molecule has 1 N–H and O–H groups in total. The number of carbonyl (C=O) groups excluding carboxylic acids is 3. The van der Waals surface area contributed by atoms with E-state index in [1.54, 1.807) is 42.8 Å². The summed E-state index contributed by atoms with van der Waals surface area (Å²) in [6.45, 7) is 1.78. The Bertz CT molecular complexity index is 801. The van der Waals surface area contributed by atoms with Crippen molar-refractivity contribution in [3.8, 4) is 0 Å². The highest BCUT2D eigenvalue weighted by molar-refractivity contribution is 7.13. The number of amides is 4. The molecule has 1 atom stereocenters. The van der Waals surface area contributed by atoms with E-state index in [1.807, 2.05) is 0 Å². The van der Waals surface area contributed by atoms with E-state index < -0.39 is 23.8 Å². The summed E-state index contributed by atoms with van der Waals surface area (Å²) in [5, 5.41) is 4.35. The van der Waals surface area contributed by atoms with Gasteiger partial charge in [0, 0.05) is 17.8 Å². The molecule has 1 aromatic heterocycles. The van der Waals surface area contributed by atoms with Crippen molar-refractivity contribution in [2.45, 2.75) is 6.92 Å². The lowest BCUT2D eigenvalue weighted by Gasteiger charge is -2.29. The van der Waals surface area contributed by atoms with Crippen LogP contribution in [0.15, 0.2) is 40.8 Å². The molecule has 0 bridgehead atoms. The summed E-state index contributed by atoms with van der Waals surface area (Å²) in [7, 11) is 0. The fraction of sp³-hybridized carbons (Fsp3) is 0.133. The predicted octanol–water partition coefficient (Wildman–Crippen LogP) is 2.05. The molecule has 23 heavy (non-hydrogen) atoms. The number of barbiturate groups is 1. The fourth-order valence-corrected chi connectivity index (χ4v) is 2.67. The lowest BCUT2D eigenvalue weighted by atomic mass is 10.0. The molecule has 3 rings (SSSR count). The number of anilines is 1. The van der Waals surface area contributed by atoms with E-state index in [1.165, 1.54) is 17.6 Å². The van der Waals surface area contributed by atoms with E-state index in [0.29, 0.717) is 10.8 Å². The largest absolute Gasteiger partial charge is 0.335 e. The number of thiazole rings is 1. The number of hydrogen-bond donors (Lipinski definition) is 1. The third kappa shape index (κ3) is 2.88. The molecule has 1 aliphatic rings. The van der Waals surface area contributed by atoms with Gasteiger partial charge in [0.1, 0.15) is 0 Å². The molecule has 8 heteroatoms. The van der Waals surface area contributed by atoms with E-state index in [2.05, 4.69) is 15.3 Å². The average molecular weight is 328 g/mol. The number of carbonyl (C=O) groups is 3. The van der Waals surface area contributed by atoms with Crippen molar-refractivity contribution in [3.63, 3.8) is 0 Å². The van der Waals surface area contributed by atoms with Crippen molar-refractivity contribution in [2.75, 3.05) is 4.90 Å². The van der Waals surface area contributed by atoms with Gasteiger partial charge < -0.3 is 0 Å². The summed E-state index contributed by atoms with van der Waals surface area (Å²) >= 11 is 1.28. The van der Waals surface area contributed by atoms with Crippen LogP contribution in [0, 0.1) is 12.8 Å². The number of benzene rings is 1. The molecule has 2 heterocycles. The molecule has 0 aliphatic carbocycles. The molecule has 1 unspecified atom stereocenters. The highest BCUT2D eigenvalue weighted by Crippen LogP contribution is 2.24. The van der Waals surface area contributed by atoms with Crippen molar-refractivity contribution in [3.05, 3.63) is 41.4 Å². The zero-order chi connectivity index (χ0) is 16.4. The van der Waals surface area contributed by atoms with E-state index in [-0.39, 0.29) is 0 Å². The van der Waals surface area contributed by atoms with Gasteiger partial charge in [-0.05, 0) is 18.6 Å². The first kappa shape index (κ1) is 15.0. The van der Waals surface area contributed by atoms with Crippen LogP contribution < -0.4 is 10.2 Å². The van der Waals surface area contributed by atoms with Gasteiger partial charge in [0.05, 0.1) is 5.69 Å². The second kappa shape index (κ2) is 6.09. The van der Waals surface area contributed by atoms with Crippen LogP contribution in [0.2, 0.25) is 0 Å².